The Hall–Kier alpha value is -1.10. The van der Waals surface area contributed by atoms with E-state index in [2.05, 4.69) is 23.9 Å². The molecule has 0 bridgehead atoms. The van der Waals surface area contributed by atoms with E-state index in [0.29, 0.717) is 22.5 Å². The Balaban J connectivity index is 2.33. The predicted octanol–water partition coefficient (Wildman–Crippen LogP) is 4.15. The van der Waals surface area contributed by atoms with E-state index in [-0.39, 0.29) is 5.41 Å². The molecule has 1 aromatic heterocycles. The van der Waals surface area contributed by atoms with Crippen LogP contribution in [0.2, 0.25) is 0 Å². The Morgan fingerprint density at radius 1 is 1.33 bits per heavy atom. The van der Waals surface area contributed by atoms with E-state index >= 15 is 0 Å². The van der Waals surface area contributed by atoms with Crippen molar-refractivity contribution in [1.82, 2.24) is 4.98 Å². The summed E-state index contributed by atoms with van der Waals surface area (Å²) in [6, 6.07) is 0.472. The van der Waals surface area contributed by atoms with E-state index in [4.69, 9.17) is 0 Å². The average Bonchev–Trinajstić information content (AvgIpc) is 2.83. The van der Waals surface area contributed by atoms with Crippen molar-refractivity contribution in [1.29, 1.82) is 0 Å². The molecule has 0 spiro atoms. The largest absolute Gasteiger partial charge is 0.477 e. The quantitative estimate of drug-likeness (QED) is 0.911. The molecule has 1 saturated carbocycles. The van der Waals surface area contributed by atoms with E-state index < -0.39 is 5.97 Å². The maximum Gasteiger partial charge on any atom is 0.347 e. The Morgan fingerprint density at radius 3 is 2.43 bits per heavy atom. The maximum absolute atomic E-state index is 11.5. The van der Waals surface area contributed by atoms with E-state index in [0.717, 1.165) is 5.13 Å². The van der Waals surface area contributed by atoms with Crippen LogP contribution in [0.3, 0.4) is 0 Å². The second-order valence-corrected chi connectivity index (χ2v) is 8.15. The van der Waals surface area contributed by atoms with Crippen molar-refractivity contribution in [3.63, 3.8) is 0 Å². The lowest BCUT2D eigenvalue weighted by atomic mass is 9.85. The number of anilines is 1. The van der Waals surface area contributed by atoms with Gasteiger partial charge in [-0.3, -0.25) is 0 Å². The molecule has 4 nitrogen and oxygen atoms in total. The van der Waals surface area contributed by atoms with E-state index in [1.54, 1.807) is 0 Å². The van der Waals surface area contributed by atoms with Crippen molar-refractivity contribution in [2.24, 2.45) is 5.92 Å². The Bertz CT molecular complexity index is 519. The van der Waals surface area contributed by atoms with Crippen LogP contribution in [0.25, 0.3) is 0 Å². The van der Waals surface area contributed by atoms with Crippen LogP contribution in [0.1, 0.15) is 68.7 Å². The van der Waals surface area contributed by atoms with Crippen LogP contribution in [0.5, 0.6) is 0 Å². The highest BCUT2D eigenvalue weighted by Gasteiger charge is 2.31. The van der Waals surface area contributed by atoms with E-state index in [9.17, 15) is 9.90 Å². The SMILES string of the molecule is CC1CCCCC1N(C)c1nc(C(C)(C)C)c(C(=O)O)s1. The lowest BCUT2D eigenvalue weighted by Crippen LogP contribution is -2.39. The molecule has 2 unspecified atom stereocenters. The molecule has 5 heteroatoms. The summed E-state index contributed by atoms with van der Waals surface area (Å²) in [5, 5.41) is 10.3. The molecule has 1 heterocycles. The third kappa shape index (κ3) is 3.39. The zero-order valence-electron chi connectivity index (χ0n) is 13.6. The lowest BCUT2D eigenvalue weighted by Gasteiger charge is -2.36. The van der Waals surface area contributed by atoms with Crippen molar-refractivity contribution < 1.29 is 9.90 Å². The minimum absolute atomic E-state index is 0.249. The smallest absolute Gasteiger partial charge is 0.347 e. The molecule has 0 radical (unpaired) electrons. The monoisotopic (exact) mass is 310 g/mol. The summed E-state index contributed by atoms with van der Waals surface area (Å²) in [6.45, 7) is 8.33. The van der Waals surface area contributed by atoms with Gasteiger partial charge in [0.2, 0.25) is 0 Å². The number of rotatable bonds is 3. The third-order valence-electron chi connectivity index (χ3n) is 4.39. The molecule has 0 aliphatic heterocycles. The number of aromatic nitrogens is 1. The third-order valence-corrected chi connectivity index (χ3v) is 5.52. The summed E-state index contributed by atoms with van der Waals surface area (Å²) in [4.78, 5) is 18.8. The fraction of sp³-hybridized carbons (Fsp3) is 0.750. The van der Waals surface area contributed by atoms with Gasteiger partial charge in [0.1, 0.15) is 4.88 Å². The fourth-order valence-corrected chi connectivity index (χ4v) is 4.26. The summed E-state index contributed by atoms with van der Waals surface area (Å²) in [6.07, 6.45) is 4.97. The van der Waals surface area contributed by atoms with Gasteiger partial charge in [-0.2, -0.15) is 0 Å². The standard InChI is InChI=1S/C16H26N2O2S/c1-10-8-6-7-9-11(10)18(5)15-17-13(16(2,3)4)12(21-15)14(19)20/h10-11H,6-9H2,1-5H3,(H,19,20). The molecular weight excluding hydrogens is 284 g/mol. The second kappa shape index (κ2) is 5.95. The van der Waals surface area contributed by atoms with Crippen LogP contribution in [0.4, 0.5) is 5.13 Å². The maximum atomic E-state index is 11.5. The number of carboxylic acids is 1. The molecule has 1 fully saturated rings. The Labute approximate surface area is 131 Å². The first-order valence-corrected chi connectivity index (χ1v) is 8.51. The minimum Gasteiger partial charge on any atom is -0.477 e. The Kier molecular flexibility index (Phi) is 4.61. The molecule has 118 valence electrons. The first-order chi connectivity index (χ1) is 9.71. The molecule has 2 atom stereocenters. The number of aromatic carboxylic acids is 1. The summed E-state index contributed by atoms with van der Waals surface area (Å²) in [5.74, 6) is -0.229. The topological polar surface area (TPSA) is 53.4 Å². The van der Waals surface area contributed by atoms with E-state index in [1.165, 1.54) is 37.0 Å². The first-order valence-electron chi connectivity index (χ1n) is 7.69. The van der Waals surface area contributed by atoms with Gasteiger partial charge in [-0.1, -0.05) is 51.9 Å². The van der Waals surface area contributed by atoms with Crippen molar-refractivity contribution in [2.75, 3.05) is 11.9 Å². The van der Waals surface area contributed by atoms with Crippen LogP contribution in [0.15, 0.2) is 0 Å². The van der Waals surface area contributed by atoms with Crippen LogP contribution in [-0.4, -0.2) is 29.1 Å². The normalized spacial score (nSPS) is 23.1. The second-order valence-electron chi connectivity index (χ2n) is 7.17. The van der Waals surface area contributed by atoms with Gasteiger partial charge in [-0.15, -0.1) is 0 Å². The van der Waals surface area contributed by atoms with Gasteiger partial charge in [-0.05, 0) is 18.8 Å². The summed E-state index contributed by atoms with van der Waals surface area (Å²) in [5.41, 5.74) is 0.451. The van der Waals surface area contributed by atoms with Gasteiger partial charge < -0.3 is 10.0 Å². The zero-order valence-corrected chi connectivity index (χ0v) is 14.5. The predicted molar refractivity (Wildman–Crippen MR) is 87.6 cm³/mol. The summed E-state index contributed by atoms with van der Waals surface area (Å²) < 4.78 is 0. The summed E-state index contributed by atoms with van der Waals surface area (Å²) >= 11 is 1.31. The lowest BCUT2D eigenvalue weighted by molar-refractivity contribution is 0.0699. The molecule has 0 amide bonds. The van der Waals surface area contributed by atoms with Gasteiger partial charge in [0, 0.05) is 18.5 Å². The Morgan fingerprint density at radius 2 is 1.95 bits per heavy atom. The number of thiazole rings is 1. The highest BCUT2D eigenvalue weighted by Crippen LogP contribution is 2.37. The van der Waals surface area contributed by atoms with Crippen LogP contribution in [-0.2, 0) is 5.41 Å². The van der Waals surface area contributed by atoms with Crippen LogP contribution < -0.4 is 4.90 Å². The number of carbonyl (C=O) groups is 1. The molecule has 0 aromatic carbocycles. The van der Waals surface area contributed by atoms with Crippen molar-refractivity contribution in [2.45, 2.75) is 64.8 Å². The highest BCUT2D eigenvalue weighted by molar-refractivity contribution is 7.17. The highest BCUT2D eigenvalue weighted by atomic mass is 32.1. The number of hydrogen-bond acceptors (Lipinski definition) is 4. The summed E-state index contributed by atoms with van der Waals surface area (Å²) in [7, 11) is 2.06. The molecule has 1 aliphatic carbocycles. The molecule has 1 N–H and O–H groups in total. The van der Waals surface area contributed by atoms with Crippen molar-refractivity contribution >= 4 is 22.4 Å². The number of carboxylic acid groups (broad SMARTS) is 1. The molecular formula is C16H26N2O2S. The molecule has 2 rings (SSSR count). The molecule has 21 heavy (non-hydrogen) atoms. The van der Waals surface area contributed by atoms with Gasteiger partial charge >= 0.3 is 5.97 Å². The van der Waals surface area contributed by atoms with Gasteiger partial charge in [-0.25, -0.2) is 9.78 Å². The van der Waals surface area contributed by atoms with Crippen LogP contribution in [0, 0.1) is 5.92 Å². The average molecular weight is 310 g/mol. The fourth-order valence-electron chi connectivity index (χ4n) is 3.13. The number of nitrogens with zero attached hydrogens (tertiary/aromatic N) is 2. The van der Waals surface area contributed by atoms with E-state index in [1.807, 2.05) is 20.8 Å². The van der Waals surface area contributed by atoms with Crippen molar-refractivity contribution in [3.8, 4) is 0 Å². The zero-order chi connectivity index (χ0) is 15.8. The number of hydrogen-bond donors (Lipinski definition) is 1. The van der Waals surface area contributed by atoms with Gasteiger partial charge in [0.25, 0.3) is 0 Å². The van der Waals surface area contributed by atoms with Gasteiger partial charge in [0.05, 0.1) is 5.69 Å². The van der Waals surface area contributed by atoms with Crippen molar-refractivity contribution in [3.05, 3.63) is 10.6 Å². The van der Waals surface area contributed by atoms with Gasteiger partial charge in [0.15, 0.2) is 5.13 Å². The molecule has 1 aliphatic rings. The first kappa shape index (κ1) is 16.3. The molecule has 1 aromatic rings. The molecule has 0 saturated heterocycles. The minimum atomic E-state index is -0.867. The van der Waals surface area contributed by atoms with Crippen LogP contribution >= 0.6 is 11.3 Å².